The number of hydrogen-bond donors (Lipinski definition) is 1. The van der Waals surface area contributed by atoms with Crippen molar-refractivity contribution in [3.8, 4) is 0 Å². The Balaban J connectivity index is 1.99. The minimum atomic E-state index is 0.568. The Bertz CT molecular complexity index is 452. The van der Waals surface area contributed by atoms with E-state index in [1.54, 1.807) is 6.20 Å². The van der Waals surface area contributed by atoms with E-state index in [-0.39, 0.29) is 0 Å². The van der Waals surface area contributed by atoms with Crippen molar-refractivity contribution in [2.75, 3.05) is 5.32 Å². The van der Waals surface area contributed by atoms with Gasteiger partial charge in [0.2, 0.25) is 0 Å². The highest BCUT2D eigenvalue weighted by molar-refractivity contribution is 5.35. The fourth-order valence-corrected chi connectivity index (χ4v) is 1.23. The second-order valence-corrected chi connectivity index (χ2v) is 3.41. The molecule has 2 aromatic rings. The van der Waals surface area contributed by atoms with E-state index in [2.05, 4.69) is 20.7 Å². The highest BCUT2D eigenvalue weighted by Gasteiger charge is 2.01. The van der Waals surface area contributed by atoms with Gasteiger partial charge in [-0.05, 0) is 25.5 Å². The molecule has 2 aromatic heterocycles. The Kier molecular flexibility index (Phi) is 2.62. The molecule has 5 nitrogen and oxygen atoms in total. The van der Waals surface area contributed by atoms with E-state index in [0.717, 1.165) is 22.8 Å². The van der Waals surface area contributed by atoms with Crippen LogP contribution in [0.4, 0.5) is 5.82 Å². The van der Waals surface area contributed by atoms with Gasteiger partial charge in [-0.15, -0.1) is 5.10 Å². The van der Waals surface area contributed by atoms with E-state index in [1.165, 1.54) is 0 Å². The fraction of sp³-hybridized carbons (Fsp3) is 0.300. The normalized spacial score (nSPS) is 10.3. The molecular formula is C10H12N4O. The standard InChI is InChI=1S/C10H12N4O/c1-7-3-10(13-12-5-7)11-6-9-4-8(2)14-15-9/h3-5H,6H2,1-2H3,(H,11,13). The largest absolute Gasteiger partial charge is 0.361 e. The molecule has 0 unspecified atom stereocenters. The van der Waals surface area contributed by atoms with E-state index in [1.807, 2.05) is 26.0 Å². The van der Waals surface area contributed by atoms with Gasteiger partial charge in [0.15, 0.2) is 5.76 Å². The van der Waals surface area contributed by atoms with Crippen LogP contribution in [0.2, 0.25) is 0 Å². The molecule has 1 N–H and O–H groups in total. The maximum atomic E-state index is 5.06. The summed E-state index contributed by atoms with van der Waals surface area (Å²) in [6.07, 6.45) is 1.71. The van der Waals surface area contributed by atoms with Gasteiger partial charge in [0.1, 0.15) is 5.82 Å². The summed E-state index contributed by atoms with van der Waals surface area (Å²) in [7, 11) is 0. The first-order chi connectivity index (χ1) is 7.24. The smallest absolute Gasteiger partial charge is 0.156 e. The van der Waals surface area contributed by atoms with Crippen LogP contribution in [0.3, 0.4) is 0 Å². The van der Waals surface area contributed by atoms with Crippen LogP contribution in [-0.2, 0) is 6.54 Å². The molecule has 0 aromatic carbocycles. The molecule has 0 bridgehead atoms. The first kappa shape index (κ1) is 9.64. The minimum absolute atomic E-state index is 0.568. The van der Waals surface area contributed by atoms with Gasteiger partial charge in [-0.3, -0.25) is 0 Å². The maximum absolute atomic E-state index is 5.06. The Morgan fingerprint density at radius 2 is 2.20 bits per heavy atom. The molecule has 0 atom stereocenters. The summed E-state index contributed by atoms with van der Waals surface area (Å²) in [5, 5.41) is 14.7. The monoisotopic (exact) mass is 204 g/mol. The topological polar surface area (TPSA) is 63.8 Å². The third-order valence-corrected chi connectivity index (χ3v) is 1.91. The zero-order valence-electron chi connectivity index (χ0n) is 8.69. The number of aromatic nitrogens is 3. The molecule has 5 heteroatoms. The zero-order valence-corrected chi connectivity index (χ0v) is 8.69. The molecular weight excluding hydrogens is 192 g/mol. The van der Waals surface area contributed by atoms with E-state index >= 15 is 0 Å². The van der Waals surface area contributed by atoms with Crippen LogP contribution in [0, 0.1) is 13.8 Å². The zero-order chi connectivity index (χ0) is 10.7. The molecule has 2 rings (SSSR count). The van der Waals surface area contributed by atoms with Gasteiger partial charge < -0.3 is 9.84 Å². The van der Waals surface area contributed by atoms with Gasteiger partial charge in [0.25, 0.3) is 0 Å². The van der Waals surface area contributed by atoms with E-state index in [0.29, 0.717) is 6.54 Å². The van der Waals surface area contributed by atoms with Gasteiger partial charge in [-0.25, -0.2) is 0 Å². The predicted molar refractivity (Wildman–Crippen MR) is 55.3 cm³/mol. The van der Waals surface area contributed by atoms with E-state index < -0.39 is 0 Å². The molecule has 78 valence electrons. The number of anilines is 1. The van der Waals surface area contributed by atoms with Crippen molar-refractivity contribution in [2.24, 2.45) is 0 Å². The van der Waals surface area contributed by atoms with Crippen molar-refractivity contribution in [3.05, 3.63) is 35.3 Å². The summed E-state index contributed by atoms with van der Waals surface area (Å²) in [5.41, 5.74) is 1.95. The maximum Gasteiger partial charge on any atom is 0.156 e. The number of nitrogens with zero attached hydrogens (tertiary/aromatic N) is 3. The molecule has 0 saturated carbocycles. The molecule has 2 heterocycles. The van der Waals surface area contributed by atoms with Gasteiger partial charge in [0.05, 0.1) is 18.4 Å². The third kappa shape index (κ3) is 2.52. The fourth-order valence-electron chi connectivity index (χ4n) is 1.23. The minimum Gasteiger partial charge on any atom is -0.361 e. The lowest BCUT2D eigenvalue weighted by atomic mass is 10.3. The molecule has 0 spiro atoms. The average Bonchev–Trinajstić information content (AvgIpc) is 2.62. The molecule has 15 heavy (non-hydrogen) atoms. The van der Waals surface area contributed by atoms with Crippen molar-refractivity contribution < 1.29 is 4.52 Å². The lowest BCUT2D eigenvalue weighted by molar-refractivity contribution is 0.384. The Morgan fingerprint density at radius 3 is 2.87 bits per heavy atom. The summed E-state index contributed by atoms with van der Waals surface area (Å²) in [5.74, 6) is 1.53. The summed E-state index contributed by atoms with van der Waals surface area (Å²) >= 11 is 0. The summed E-state index contributed by atoms with van der Waals surface area (Å²) in [6, 6.07) is 3.81. The first-order valence-corrected chi connectivity index (χ1v) is 4.69. The number of rotatable bonds is 3. The quantitative estimate of drug-likeness (QED) is 0.824. The van der Waals surface area contributed by atoms with E-state index in [4.69, 9.17) is 4.52 Å². The van der Waals surface area contributed by atoms with Crippen LogP contribution < -0.4 is 5.32 Å². The summed E-state index contributed by atoms with van der Waals surface area (Å²) in [6.45, 7) is 4.43. The molecule has 0 aliphatic carbocycles. The molecule has 0 aliphatic heterocycles. The summed E-state index contributed by atoms with van der Waals surface area (Å²) in [4.78, 5) is 0. The number of hydrogen-bond acceptors (Lipinski definition) is 5. The number of nitrogens with one attached hydrogen (secondary N) is 1. The van der Waals surface area contributed by atoms with Crippen molar-refractivity contribution >= 4 is 5.82 Å². The lowest BCUT2D eigenvalue weighted by Crippen LogP contribution is -2.01. The van der Waals surface area contributed by atoms with Crippen molar-refractivity contribution in [1.82, 2.24) is 15.4 Å². The Morgan fingerprint density at radius 1 is 1.33 bits per heavy atom. The third-order valence-electron chi connectivity index (χ3n) is 1.91. The van der Waals surface area contributed by atoms with Gasteiger partial charge in [-0.2, -0.15) is 5.10 Å². The first-order valence-electron chi connectivity index (χ1n) is 4.69. The molecule has 0 saturated heterocycles. The molecule has 0 amide bonds. The average molecular weight is 204 g/mol. The molecule has 0 radical (unpaired) electrons. The lowest BCUT2D eigenvalue weighted by Gasteiger charge is -2.01. The van der Waals surface area contributed by atoms with Crippen molar-refractivity contribution in [3.63, 3.8) is 0 Å². The second kappa shape index (κ2) is 4.08. The number of aryl methyl sites for hydroxylation is 2. The van der Waals surface area contributed by atoms with Crippen LogP contribution in [0.1, 0.15) is 17.0 Å². The van der Waals surface area contributed by atoms with Crippen LogP contribution >= 0.6 is 0 Å². The van der Waals surface area contributed by atoms with E-state index in [9.17, 15) is 0 Å². The molecule has 0 fully saturated rings. The highest BCUT2D eigenvalue weighted by Crippen LogP contribution is 2.07. The SMILES string of the molecule is Cc1cnnc(NCc2cc(C)no2)c1. The van der Waals surface area contributed by atoms with Crippen LogP contribution in [0.15, 0.2) is 22.9 Å². The van der Waals surface area contributed by atoms with Crippen molar-refractivity contribution in [2.45, 2.75) is 20.4 Å². The van der Waals surface area contributed by atoms with Crippen LogP contribution in [0.25, 0.3) is 0 Å². The van der Waals surface area contributed by atoms with Gasteiger partial charge in [0, 0.05) is 6.07 Å². The van der Waals surface area contributed by atoms with Crippen LogP contribution in [-0.4, -0.2) is 15.4 Å². The van der Waals surface area contributed by atoms with Gasteiger partial charge >= 0.3 is 0 Å². The molecule has 0 aliphatic rings. The Hall–Kier alpha value is -1.91. The predicted octanol–water partition coefficient (Wildman–Crippen LogP) is 1.69. The van der Waals surface area contributed by atoms with Crippen LogP contribution in [0.5, 0.6) is 0 Å². The van der Waals surface area contributed by atoms with Crippen molar-refractivity contribution in [1.29, 1.82) is 0 Å². The summed E-state index contributed by atoms with van der Waals surface area (Å²) < 4.78 is 5.06. The van der Waals surface area contributed by atoms with Gasteiger partial charge in [-0.1, -0.05) is 5.16 Å². The highest BCUT2D eigenvalue weighted by atomic mass is 16.5. The second-order valence-electron chi connectivity index (χ2n) is 3.41. The Labute approximate surface area is 87.5 Å².